The van der Waals surface area contributed by atoms with Gasteiger partial charge in [-0.3, -0.25) is 20.6 Å². The number of nitro benzene ring substituents is 1. The number of benzene rings is 2. The number of hydrogen-bond acceptors (Lipinski definition) is 5. The summed E-state index contributed by atoms with van der Waals surface area (Å²) in [5.41, 5.74) is 8.23. The topological polar surface area (TPSA) is 122 Å². The van der Waals surface area contributed by atoms with E-state index >= 15 is 0 Å². The molecule has 0 fully saturated rings. The van der Waals surface area contributed by atoms with Crippen molar-refractivity contribution in [1.82, 2.24) is 11.1 Å². The maximum absolute atomic E-state index is 11.8. The maximum Gasteiger partial charge on any atom is 0.408 e. The van der Waals surface area contributed by atoms with E-state index in [2.05, 4.69) is 5.32 Å². The molecular weight excluding hydrogens is 314 g/mol. The van der Waals surface area contributed by atoms with Crippen molar-refractivity contribution in [2.75, 3.05) is 0 Å². The number of nitrogens with one attached hydrogen (secondary N) is 2. The average Bonchev–Trinajstić information content (AvgIpc) is 2.58. The van der Waals surface area contributed by atoms with E-state index in [0.717, 1.165) is 0 Å². The molecular formula is C16H14N3O5. The van der Waals surface area contributed by atoms with Gasteiger partial charge >= 0.3 is 6.09 Å². The zero-order chi connectivity index (χ0) is 17.5. The fourth-order valence-electron chi connectivity index (χ4n) is 1.97. The molecule has 24 heavy (non-hydrogen) atoms. The molecule has 0 bridgehead atoms. The van der Waals surface area contributed by atoms with Gasteiger partial charge in [0.05, 0.1) is 4.92 Å². The molecule has 0 aliphatic heterocycles. The third-order valence-corrected chi connectivity index (χ3v) is 3.17. The first-order valence-corrected chi connectivity index (χ1v) is 6.94. The number of alkyl carbamates (subject to hydrolysis) is 1. The van der Waals surface area contributed by atoms with Crippen LogP contribution >= 0.6 is 0 Å². The largest absolute Gasteiger partial charge is 0.445 e. The van der Waals surface area contributed by atoms with Gasteiger partial charge in [-0.25, -0.2) is 4.79 Å². The molecule has 0 aliphatic rings. The van der Waals surface area contributed by atoms with Crippen LogP contribution in [0.25, 0.3) is 0 Å². The van der Waals surface area contributed by atoms with E-state index in [9.17, 15) is 19.7 Å². The number of non-ortho nitro benzene ring substituents is 1. The lowest BCUT2D eigenvalue weighted by Gasteiger charge is -2.15. The monoisotopic (exact) mass is 328 g/mol. The van der Waals surface area contributed by atoms with E-state index in [0.29, 0.717) is 11.1 Å². The summed E-state index contributed by atoms with van der Waals surface area (Å²) in [4.78, 5) is 33.2. The van der Waals surface area contributed by atoms with Gasteiger partial charge < -0.3 is 10.1 Å². The second-order valence-electron chi connectivity index (χ2n) is 4.85. The Hall–Kier alpha value is -3.42. The number of nitrogens with zero attached hydrogens (tertiary/aromatic N) is 1. The van der Waals surface area contributed by atoms with Gasteiger partial charge in [0.1, 0.15) is 12.6 Å². The molecule has 2 N–H and O–H groups in total. The van der Waals surface area contributed by atoms with Crippen molar-refractivity contribution in [3.63, 3.8) is 0 Å². The zero-order valence-electron chi connectivity index (χ0n) is 12.5. The highest BCUT2D eigenvalue weighted by Crippen LogP contribution is 2.14. The maximum atomic E-state index is 11.8. The lowest BCUT2D eigenvalue weighted by atomic mass is 10.1. The molecule has 2 rings (SSSR count). The first-order valence-electron chi connectivity index (χ1n) is 6.94. The number of carbonyl (C=O) groups is 2. The Morgan fingerprint density at radius 3 is 2.29 bits per heavy atom. The molecule has 0 heterocycles. The van der Waals surface area contributed by atoms with Crippen LogP contribution in [0.5, 0.6) is 0 Å². The smallest absolute Gasteiger partial charge is 0.408 e. The molecule has 8 nitrogen and oxygen atoms in total. The van der Waals surface area contributed by atoms with Crippen LogP contribution in [-0.4, -0.2) is 16.9 Å². The molecule has 0 aliphatic carbocycles. The lowest BCUT2D eigenvalue weighted by molar-refractivity contribution is -0.384. The Morgan fingerprint density at radius 1 is 1.12 bits per heavy atom. The second-order valence-corrected chi connectivity index (χ2v) is 4.85. The minimum absolute atomic E-state index is 0.0628. The molecule has 1 unspecified atom stereocenters. The summed E-state index contributed by atoms with van der Waals surface area (Å²) in [6.07, 6.45) is -0.859. The van der Waals surface area contributed by atoms with E-state index in [1.165, 1.54) is 24.3 Å². The van der Waals surface area contributed by atoms with Crippen LogP contribution < -0.4 is 11.1 Å². The van der Waals surface area contributed by atoms with E-state index in [-0.39, 0.29) is 12.3 Å². The Balaban J connectivity index is 1.94. The first kappa shape index (κ1) is 16.9. The van der Waals surface area contributed by atoms with Crippen LogP contribution in [0, 0.1) is 10.1 Å². The molecule has 0 spiro atoms. The van der Waals surface area contributed by atoms with E-state index in [1.54, 1.807) is 30.3 Å². The van der Waals surface area contributed by atoms with Gasteiger partial charge in [0.2, 0.25) is 0 Å². The van der Waals surface area contributed by atoms with E-state index < -0.39 is 23.0 Å². The van der Waals surface area contributed by atoms with Crippen molar-refractivity contribution in [2.45, 2.75) is 12.6 Å². The fourth-order valence-corrected chi connectivity index (χ4v) is 1.97. The first-order chi connectivity index (χ1) is 11.5. The number of hydrogen-bond donors (Lipinski definition) is 1. The number of carbonyl (C=O) groups excluding carboxylic acids is 2. The molecule has 8 heteroatoms. The van der Waals surface area contributed by atoms with Crippen molar-refractivity contribution in [3.05, 3.63) is 75.8 Å². The summed E-state index contributed by atoms with van der Waals surface area (Å²) < 4.78 is 4.98. The Morgan fingerprint density at radius 2 is 1.75 bits per heavy atom. The Kier molecular flexibility index (Phi) is 5.45. The Labute approximate surface area is 137 Å². The number of nitro groups is 1. The zero-order valence-corrected chi connectivity index (χ0v) is 12.5. The van der Waals surface area contributed by atoms with E-state index in [4.69, 9.17) is 10.5 Å². The highest BCUT2D eigenvalue weighted by molar-refractivity contribution is 5.84. The summed E-state index contributed by atoms with van der Waals surface area (Å²) in [6, 6.07) is 12.8. The fraction of sp³-hybridized carbons (Fsp3) is 0.125. The summed E-state index contributed by atoms with van der Waals surface area (Å²) in [6.45, 7) is -0.114. The SMILES string of the molecule is [NH]C(=O)C(NC(=O)OCc1ccc([N+](=O)[O-])cc1)c1ccccc1. The van der Waals surface area contributed by atoms with Gasteiger partial charge in [0, 0.05) is 12.1 Å². The number of ether oxygens (including phenoxy) is 1. The molecule has 0 saturated heterocycles. The van der Waals surface area contributed by atoms with Crippen LogP contribution in [-0.2, 0) is 16.1 Å². The summed E-state index contributed by atoms with van der Waals surface area (Å²) in [5, 5.41) is 12.9. The predicted molar refractivity (Wildman–Crippen MR) is 83.7 cm³/mol. The molecule has 123 valence electrons. The van der Waals surface area contributed by atoms with Gasteiger partial charge in [-0.1, -0.05) is 30.3 Å². The van der Waals surface area contributed by atoms with Crippen LogP contribution in [0.2, 0.25) is 0 Å². The third kappa shape index (κ3) is 4.54. The quantitative estimate of drug-likeness (QED) is 0.644. The average molecular weight is 328 g/mol. The number of rotatable bonds is 6. The standard InChI is InChI=1S/C16H14N3O5/c17-15(20)14(12-4-2-1-3-5-12)18-16(21)24-10-11-6-8-13(9-7-11)19(22)23/h1-9,14,17H,10H2,(H,18,21). The molecule has 0 aromatic heterocycles. The van der Waals surface area contributed by atoms with Gasteiger partial charge in [-0.05, 0) is 23.3 Å². The van der Waals surface area contributed by atoms with Gasteiger partial charge in [-0.15, -0.1) is 0 Å². The van der Waals surface area contributed by atoms with Gasteiger partial charge in [0.25, 0.3) is 11.6 Å². The summed E-state index contributed by atoms with van der Waals surface area (Å²) in [7, 11) is 0. The minimum atomic E-state index is -1.12. The molecule has 0 saturated carbocycles. The molecule has 1 radical (unpaired) electrons. The van der Waals surface area contributed by atoms with Crippen molar-refractivity contribution < 1.29 is 19.2 Å². The van der Waals surface area contributed by atoms with Crippen molar-refractivity contribution in [1.29, 1.82) is 0 Å². The predicted octanol–water partition coefficient (Wildman–Crippen LogP) is 2.37. The molecule has 2 amide bonds. The minimum Gasteiger partial charge on any atom is -0.445 e. The van der Waals surface area contributed by atoms with Crippen LogP contribution in [0.1, 0.15) is 17.2 Å². The highest BCUT2D eigenvalue weighted by atomic mass is 16.6. The summed E-state index contributed by atoms with van der Waals surface area (Å²) in [5.74, 6) is -0.964. The summed E-state index contributed by atoms with van der Waals surface area (Å²) >= 11 is 0. The van der Waals surface area contributed by atoms with Crippen LogP contribution in [0.4, 0.5) is 10.5 Å². The van der Waals surface area contributed by atoms with Crippen molar-refractivity contribution in [3.8, 4) is 0 Å². The third-order valence-electron chi connectivity index (χ3n) is 3.17. The molecule has 2 aromatic carbocycles. The van der Waals surface area contributed by atoms with Crippen molar-refractivity contribution >= 4 is 17.7 Å². The van der Waals surface area contributed by atoms with Crippen LogP contribution in [0.3, 0.4) is 0 Å². The lowest BCUT2D eigenvalue weighted by Crippen LogP contribution is -2.34. The van der Waals surface area contributed by atoms with E-state index in [1.807, 2.05) is 0 Å². The second kappa shape index (κ2) is 7.73. The van der Waals surface area contributed by atoms with Crippen molar-refractivity contribution in [2.24, 2.45) is 0 Å². The Bertz CT molecular complexity index is 731. The van der Waals surface area contributed by atoms with Gasteiger partial charge in [0.15, 0.2) is 0 Å². The van der Waals surface area contributed by atoms with Crippen LogP contribution in [0.15, 0.2) is 54.6 Å². The normalized spacial score (nSPS) is 11.3. The molecule has 1 atom stereocenters. The number of amides is 2. The highest BCUT2D eigenvalue weighted by Gasteiger charge is 2.21. The van der Waals surface area contributed by atoms with Gasteiger partial charge in [-0.2, -0.15) is 0 Å². The molecule has 2 aromatic rings.